The van der Waals surface area contributed by atoms with Crippen molar-refractivity contribution in [2.75, 3.05) is 26.3 Å². The number of alkyl halides is 3. The molecule has 0 unspecified atom stereocenters. The fourth-order valence-electron chi connectivity index (χ4n) is 2.64. The maximum absolute atomic E-state index is 12.2. The van der Waals surface area contributed by atoms with Gasteiger partial charge in [0.25, 0.3) is 0 Å². The van der Waals surface area contributed by atoms with Crippen LogP contribution in [0.15, 0.2) is 23.3 Å². The van der Waals surface area contributed by atoms with Gasteiger partial charge in [0.05, 0.1) is 13.2 Å². The summed E-state index contributed by atoms with van der Waals surface area (Å²) >= 11 is 0. The molecule has 0 bridgehead atoms. The first-order valence-electron chi connectivity index (χ1n) is 8.89. The van der Waals surface area contributed by atoms with Crippen LogP contribution in [0, 0.1) is 0 Å². The van der Waals surface area contributed by atoms with E-state index in [0.29, 0.717) is 38.1 Å². The van der Waals surface area contributed by atoms with Gasteiger partial charge in [-0.25, -0.2) is 14.8 Å². The molecule has 2 heterocycles. The van der Waals surface area contributed by atoms with E-state index in [2.05, 4.69) is 20.0 Å². The highest BCUT2D eigenvalue weighted by Gasteiger charge is 2.28. The lowest BCUT2D eigenvalue weighted by Crippen LogP contribution is -2.48. The number of hydrogen-bond acceptors (Lipinski definition) is 5. The number of carbonyl (C=O) groups excluding carboxylic acids is 1. The second-order valence-corrected chi connectivity index (χ2v) is 6.21. The second-order valence-electron chi connectivity index (χ2n) is 6.21. The second kappa shape index (κ2) is 11.9. The number of hydrogen-bond donors (Lipinski definition) is 2. The van der Waals surface area contributed by atoms with Gasteiger partial charge >= 0.3 is 12.3 Å². The standard InChI is InChI=1S/C17H24F3N5O3.HI/c1-2-27-16(26)25-7-4-13(5-8-25)24-15(21)23-10-12-3-6-22-14(9-12)28-11-17(18,19)20;/h3,6,9,13H,2,4-5,7-8,10-11H2,1H3,(H3,21,23,24);1H. The maximum Gasteiger partial charge on any atom is 0.422 e. The largest absolute Gasteiger partial charge is 0.468 e. The lowest BCUT2D eigenvalue weighted by atomic mass is 10.1. The van der Waals surface area contributed by atoms with Crippen molar-refractivity contribution in [3.05, 3.63) is 23.9 Å². The molecular weight excluding hydrogens is 506 g/mol. The van der Waals surface area contributed by atoms with Gasteiger partial charge in [-0.15, -0.1) is 24.0 Å². The predicted molar refractivity (Wildman–Crippen MR) is 111 cm³/mol. The highest BCUT2D eigenvalue weighted by atomic mass is 127. The molecule has 0 saturated carbocycles. The van der Waals surface area contributed by atoms with Crippen LogP contribution in [-0.4, -0.2) is 60.5 Å². The number of rotatable bonds is 6. The summed E-state index contributed by atoms with van der Waals surface area (Å²) in [6, 6.07) is 3.09. The summed E-state index contributed by atoms with van der Waals surface area (Å²) in [5.74, 6) is 0.104. The number of nitrogens with one attached hydrogen (secondary N) is 1. The fourth-order valence-corrected chi connectivity index (χ4v) is 2.64. The lowest BCUT2D eigenvalue weighted by molar-refractivity contribution is -0.154. The predicted octanol–water partition coefficient (Wildman–Crippen LogP) is 2.67. The molecule has 29 heavy (non-hydrogen) atoms. The average Bonchev–Trinajstić information content (AvgIpc) is 2.65. The van der Waals surface area contributed by atoms with Gasteiger partial charge < -0.3 is 25.4 Å². The van der Waals surface area contributed by atoms with Crippen molar-refractivity contribution >= 4 is 36.0 Å². The summed E-state index contributed by atoms with van der Waals surface area (Å²) in [6.45, 7) is 2.00. The SMILES string of the molecule is CCOC(=O)N1CCC(NC(N)=NCc2ccnc(OCC(F)(F)F)c2)CC1.I. The molecule has 1 aromatic rings. The van der Waals surface area contributed by atoms with Crippen LogP contribution < -0.4 is 15.8 Å². The minimum atomic E-state index is -4.42. The zero-order chi connectivity index (χ0) is 20.6. The number of halogens is 4. The van der Waals surface area contributed by atoms with Crippen molar-refractivity contribution < 1.29 is 27.4 Å². The van der Waals surface area contributed by atoms with E-state index in [0.717, 1.165) is 0 Å². The Morgan fingerprint density at radius 1 is 1.41 bits per heavy atom. The van der Waals surface area contributed by atoms with E-state index in [1.54, 1.807) is 17.9 Å². The topological polar surface area (TPSA) is 102 Å². The molecule has 0 aromatic carbocycles. The summed E-state index contributed by atoms with van der Waals surface area (Å²) in [7, 11) is 0. The van der Waals surface area contributed by atoms with Crippen LogP contribution in [0.2, 0.25) is 0 Å². The van der Waals surface area contributed by atoms with Gasteiger partial charge in [0.2, 0.25) is 5.88 Å². The van der Waals surface area contributed by atoms with E-state index in [-0.39, 0.29) is 54.5 Å². The Hall–Kier alpha value is -1.99. The number of likely N-dealkylation sites (tertiary alicyclic amines) is 1. The number of aliphatic imine (C=N–C) groups is 1. The minimum Gasteiger partial charge on any atom is -0.468 e. The Kier molecular flexibility index (Phi) is 10.3. The van der Waals surface area contributed by atoms with Crippen molar-refractivity contribution in [1.82, 2.24) is 15.2 Å². The average molecular weight is 531 g/mol. The molecule has 0 aliphatic carbocycles. The number of pyridine rings is 1. The van der Waals surface area contributed by atoms with Crippen LogP contribution in [0.25, 0.3) is 0 Å². The first kappa shape index (κ1) is 25.0. The third kappa shape index (κ3) is 9.37. The zero-order valence-corrected chi connectivity index (χ0v) is 18.3. The zero-order valence-electron chi connectivity index (χ0n) is 15.9. The van der Waals surface area contributed by atoms with Crippen LogP contribution >= 0.6 is 24.0 Å². The van der Waals surface area contributed by atoms with Crippen LogP contribution in [-0.2, 0) is 11.3 Å². The summed E-state index contributed by atoms with van der Waals surface area (Å²) in [5, 5.41) is 3.09. The van der Waals surface area contributed by atoms with Crippen LogP contribution in [0.4, 0.5) is 18.0 Å². The summed E-state index contributed by atoms with van der Waals surface area (Å²) in [4.78, 5) is 21.3. The molecule has 164 valence electrons. The summed E-state index contributed by atoms with van der Waals surface area (Å²) in [5.41, 5.74) is 6.51. The smallest absolute Gasteiger partial charge is 0.422 e. The molecule has 12 heteroatoms. The third-order valence-electron chi connectivity index (χ3n) is 3.99. The Labute approximate surface area is 184 Å². The molecule has 1 fully saturated rings. The third-order valence-corrected chi connectivity index (χ3v) is 3.99. The number of guanidine groups is 1. The molecule has 1 aromatic heterocycles. The molecule has 1 aliphatic heterocycles. The maximum atomic E-state index is 12.2. The van der Waals surface area contributed by atoms with Gasteiger partial charge in [0, 0.05) is 31.4 Å². The molecule has 0 spiro atoms. The quantitative estimate of drug-likeness (QED) is 0.333. The molecule has 0 atom stereocenters. The highest BCUT2D eigenvalue weighted by Crippen LogP contribution is 2.18. The number of carbonyl (C=O) groups is 1. The van der Waals surface area contributed by atoms with Crippen molar-refractivity contribution in [3.63, 3.8) is 0 Å². The van der Waals surface area contributed by atoms with Crippen molar-refractivity contribution in [2.24, 2.45) is 10.7 Å². The highest BCUT2D eigenvalue weighted by molar-refractivity contribution is 14.0. The number of amides is 1. The van der Waals surface area contributed by atoms with Gasteiger partial charge in [-0.3, -0.25) is 0 Å². The van der Waals surface area contributed by atoms with Gasteiger partial charge in [0.1, 0.15) is 0 Å². The molecule has 8 nitrogen and oxygen atoms in total. The number of nitrogens with two attached hydrogens (primary N) is 1. The minimum absolute atomic E-state index is 0. The van der Waals surface area contributed by atoms with E-state index in [1.807, 2.05) is 0 Å². The molecule has 1 amide bonds. The van der Waals surface area contributed by atoms with E-state index in [1.165, 1.54) is 12.3 Å². The van der Waals surface area contributed by atoms with E-state index in [4.69, 9.17) is 10.5 Å². The van der Waals surface area contributed by atoms with Crippen molar-refractivity contribution in [2.45, 2.75) is 38.5 Å². The Bertz CT molecular complexity index is 683. The Morgan fingerprint density at radius 3 is 2.72 bits per heavy atom. The summed E-state index contributed by atoms with van der Waals surface area (Å²) < 4.78 is 46.2. The first-order valence-corrected chi connectivity index (χ1v) is 8.89. The van der Waals surface area contributed by atoms with E-state index < -0.39 is 12.8 Å². The summed E-state index contributed by atoms with van der Waals surface area (Å²) in [6.07, 6.45) is -1.97. The van der Waals surface area contributed by atoms with Crippen molar-refractivity contribution in [3.8, 4) is 5.88 Å². The van der Waals surface area contributed by atoms with E-state index >= 15 is 0 Å². The fraction of sp³-hybridized carbons (Fsp3) is 0.588. The van der Waals surface area contributed by atoms with Gasteiger partial charge in [-0.1, -0.05) is 0 Å². The molecule has 0 radical (unpaired) electrons. The first-order chi connectivity index (χ1) is 13.3. The van der Waals surface area contributed by atoms with Crippen molar-refractivity contribution in [1.29, 1.82) is 0 Å². The molecule has 1 aliphatic rings. The molecule has 1 saturated heterocycles. The lowest BCUT2D eigenvalue weighted by Gasteiger charge is -2.31. The van der Waals surface area contributed by atoms with Gasteiger partial charge in [-0.2, -0.15) is 13.2 Å². The number of nitrogens with zero attached hydrogens (tertiary/aromatic N) is 3. The Balaban J connectivity index is 0.00000420. The molecule has 2 rings (SSSR count). The monoisotopic (exact) mass is 531 g/mol. The van der Waals surface area contributed by atoms with Crippen LogP contribution in [0.1, 0.15) is 25.3 Å². The van der Waals surface area contributed by atoms with Gasteiger partial charge in [-0.05, 0) is 31.4 Å². The molecule has 3 N–H and O–H groups in total. The van der Waals surface area contributed by atoms with Gasteiger partial charge in [0.15, 0.2) is 12.6 Å². The molecular formula is C17H25F3IN5O3. The number of aromatic nitrogens is 1. The Morgan fingerprint density at radius 2 is 2.10 bits per heavy atom. The van der Waals surface area contributed by atoms with Crippen LogP contribution in [0.5, 0.6) is 5.88 Å². The number of ether oxygens (including phenoxy) is 2. The van der Waals surface area contributed by atoms with E-state index in [9.17, 15) is 18.0 Å². The number of piperidine rings is 1. The normalized spacial score (nSPS) is 15.4. The van der Waals surface area contributed by atoms with Crippen LogP contribution in [0.3, 0.4) is 0 Å².